The van der Waals surface area contributed by atoms with Gasteiger partial charge in [-0.3, -0.25) is 4.79 Å². The van der Waals surface area contributed by atoms with Crippen molar-refractivity contribution in [1.82, 2.24) is 15.1 Å². The van der Waals surface area contributed by atoms with Crippen LogP contribution in [0.15, 0.2) is 57.3 Å². The highest BCUT2D eigenvalue weighted by molar-refractivity contribution is 9.10. The van der Waals surface area contributed by atoms with E-state index in [4.69, 9.17) is 4.74 Å². The molecule has 6 nitrogen and oxygen atoms in total. The summed E-state index contributed by atoms with van der Waals surface area (Å²) in [4.78, 5) is 14.1. The van der Waals surface area contributed by atoms with Crippen molar-refractivity contribution >= 4 is 55.8 Å². The second kappa shape index (κ2) is 9.90. The Morgan fingerprint density at radius 2 is 2.07 bits per heavy atom. The number of aromatic nitrogens is 2. The van der Waals surface area contributed by atoms with E-state index in [1.165, 1.54) is 23.1 Å². The summed E-state index contributed by atoms with van der Waals surface area (Å²) >= 11 is 6.31. The smallest absolute Gasteiger partial charge is 0.233 e. The molecule has 0 spiro atoms. The standard InChI is InChI=1S/C19H19BrN4O2S2/c1-24(11-13-6-3-4-9-16(13)20)17(25)12-27-19-23-22-18(28-19)21-14-7-5-8-15(10-14)26-2/h3-10H,11-12H2,1-2H3,(H,21,22). The van der Waals surface area contributed by atoms with Gasteiger partial charge in [0.2, 0.25) is 11.0 Å². The van der Waals surface area contributed by atoms with E-state index in [9.17, 15) is 4.79 Å². The summed E-state index contributed by atoms with van der Waals surface area (Å²) in [5.41, 5.74) is 1.94. The second-order valence-electron chi connectivity index (χ2n) is 5.86. The number of amides is 1. The summed E-state index contributed by atoms with van der Waals surface area (Å²) in [6.45, 7) is 0.555. The van der Waals surface area contributed by atoms with Crippen LogP contribution in [0.5, 0.6) is 5.75 Å². The molecule has 1 amide bonds. The van der Waals surface area contributed by atoms with Gasteiger partial charge in [0.05, 0.1) is 12.9 Å². The van der Waals surface area contributed by atoms with Crippen LogP contribution in [0.2, 0.25) is 0 Å². The Kier molecular flexibility index (Phi) is 7.30. The summed E-state index contributed by atoms with van der Waals surface area (Å²) in [7, 11) is 3.43. The lowest BCUT2D eigenvalue weighted by molar-refractivity contribution is -0.127. The Morgan fingerprint density at radius 3 is 2.86 bits per heavy atom. The minimum atomic E-state index is 0.0401. The summed E-state index contributed by atoms with van der Waals surface area (Å²) in [5, 5.41) is 12.1. The molecule has 0 aliphatic carbocycles. The molecule has 1 heterocycles. The molecular weight excluding hydrogens is 460 g/mol. The van der Waals surface area contributed by atoms with Gasteiger partial charge in [0.15, 0.2) is 4.34 Å². The highest BCUT2D eigenvalue weighted by atomic mass is 79.9. The number of methoxy groups -OCH3 is 1. The quantitative estimate of drug-likeness (QED) is 0.468. The number of thioether (sulfide) groups is 1. The van der Waals surface area contributed by atoms with Gasteiger partial charge in [-0.1, -0.05) is 63.3 Å². The van der Waals surface area contributed by atoms with E-state index in [1.807, 2.05) is 48.5 Å². The molecule has 1 aromatic heterocycles. The molecule has 0 radical (unpaired) electrons. The first kappa shape index (κ1) is 20.6. The zero-order valence-corrected chi connectivity index (χ0v) is 18.6. The van der Waals surface area contributed by atoms with Gasteiger partial charge in [-0.25, -0.2) is 0 Å². The van der Waals surface area contributed by atoms with E-state index in [1.54, 1.807) is 19.1 Å². The van der Waals surface area contributed by atoms with E-state index in [0.29, 0.717) is 17.4 Å². The molecule has 0 atom stereocenters. The van der Waals surface area contributed by atoms with Crippen molar-refractivity contribution in [3.8, 4) is 5.75 Å². The summed E-state index contributed by atoms with van der Waals surface area (Å²) in [5.74, 6) is 1.12. The fourth-order valence-corrected chi connectivity index (χ4v) is 4.47. The number of hydrogen-bond donors (Lipinski definition) is 1. The Balaban J connectivity index is 1.52. The first-order chi connectivity index (χ1) is 13.5. The van der Waals surface area contributed by atoms with Crippen LogP contribution < -0.4 is 10.1 Å². The van der Waals surface area contributed by atoms with Gasteiger partial charge in [-0.2, -0.15) is 0 Å². The fourth-order valence-electron chi connectivity index (χ4n) is 2.35. The molecule has 0 unspecified atom stereocenters. The van der Waals surface area contributed by atoms with Crippen molar-refractivity contribution < 1.29 is 9.53 Å². The van der Waals surface area contributed by atoms with Gasteiger partial charge in [0.1, 0.15) is 5.75 Å². The van der Waals surface area contributed by atoms with Gasteiger partial charge >= 0.3 is 0 Å². The number of nitrogens with one attached hydrogen (secondary N) is 1. The fraction of sp³-hybridized carbons (Fsp3) is 0.211. The van der Waals surface area contributed by atoms with Crippen molar-refractivity contribution in [1.29, 1.82) is 0 Å². The van der Waals surface area contributed by atoms with Crippen LogP contribution in [0.1, 0.15) is 5.56 Å². The first-order valence-electron chi connectivity index (χ1n) is 8.40. The monoisotopic (exact) mass is 478 g/mol. The lowest BCUT2D eigenvalue weighted by atomic mass is 10.2. The Morgan fingerprint density at radius 1 is 1.25 bits per heavy atom. The SMILES string of the molecule is COc1cccc(Nc2nnc(SCC(=O)N(C)Cc3ccccc3Br)s2)c1. The summed E-state index contributed by atoms with van der Waals surface area (Å²) in [6, 6.07) is 15.5. The number of halogens is 1. The van der Waals surface area contributed by atoms with Crippen molar-refractivity contribution in [2.75, 3.05) is 25.2 Å². The van der Waals surface area contributed by atoms with Gasteiger partial charge < -0.3 is 15.0 Å². The van der Waals surface area contributed by atoms with Gasteiger partial charge in [-0.05, 0) is 23.8 Å². The molecule has 0 bridgehead atoms. The van der Waals surface area contributed by atoms with Crippen LogP contribution >= 0.6 is 39.0 Å². The van der Waals surface area contributed by atoms with Gasteiger partial charge in [0, 0.05) is 29.8 Å². The first-order valence-corrected chi connectivity index (χ1v) is 11.0. The average molecular weight is 479 g/mol. The normalized spacial score (nSPS) is 10.5. The number of ether oxygens (including phenoxy) is 1. The minimum Gasteiger partial charge on any atom is -0.497 e. The van der Waals surface area contributed by atoms with Crippen LogP contribution in [0.3, 0.4) is 0 Å². The topological polar surface area (TPSA) is 67.3 Å². The molecule has 9 heteroatoms. The third kappa shape index (κ3) is 5.70. The predicted molar refractivity (Wildman–Crippen MR) is 118 cm³/mol. The molecular formula is C19H19BrN4O2S2. The maximum absolute atomic E-state index is 12.4. The Hall–Kier alpha value is -2.10. The van der Waals surface area contributed by atoms with E-state index in [-0.39, 0.29) is 5.91 Å². The van der Waals surface area contributed by atoms with E-state index < -0.39 is 0 Å². The van der Waals surface area contributed by atoms with Crippen LogP contribution in [0.4, 0.5) is 10.8 Å². The van der Waals surface area contributed by atoms with Crippen molar-refractivity contribution in [3.63, 3.8) is 0 Å². The number of hydrogen-bond acceptors (Lipinski definition) is 7. The molecule has 0 saturated heterocycles. The molecule has 0 aliphatic rings. The number of benzene rings is 2. The number of anilines is 2. The third-order valence-corrected chi connectivity index (χ3v) is 6.57. The number of rotatable bonds is 8. The molecule has 28 heavy (non-hydrogen) atoms. The van der Waals surface area contributed by atoms with E-state index >= 15 is 0 Å². The van der Waals surface area contributed by atoms with E-state index in [0.717, 1.165) is 25.8 Å². The van der Waals surface area contributed by atoms with Crippen molar-refractivity contribution in [3.05, 3.63) is 58.6 Å². The van der Waals surface area contributed by atoms with E-state index in [2.05, 4.69) is 31.4 Å². The maximum Gasteiger partial charge on any atom is 0.233 e. The lowest BCUT2D eigenvalue weighted by Crippen LogP contribution is -2.27. The van der Waals surface area contributed by atoms with Crippen LogP contribution in [0.25, 0.3) is 0 Å². The molecule has 1 N–H and O–H groups in total. The highest BCUT2D eigenvalue weighted by Gasteiger charge is 2.13. The molecule has 0 aliphatic heterocycles. The van der Waals surface area contributed by atoms with Gasteiger partial charge in [0.25, 0.3) is 0 Å². The molecule has 2 aromatic carbocycles. The van der Waals surface area contributed by atoms with Crippen LogP contribution in [-0.2, 0) is 11.3 Å². The molecule has 146 valence electrons. The minimum absolute atomic E-state index is 0.0401. The number of nitrogens with zero attached hydrogens (tertiary/aromatic N) is 3. The number of carbonyl (C=O) groups is 1. The van der Waals surface area contributed by atoms with Crippen LogP contribution in [-0.4, -0.2) is 40.9 Å². The third-order valence-electron chi connectivity index (χ3n) is 3.84. The highest BCUT2D eigenvalue weighted by Crippen LogP contribution is 2.29. The predicted octanol–water partition coefficient (Wildman–Crippen LogP) is 4.80. The largest absolute Gasteiger partial charge is 0.497 e. The van der Waals surface area contributed by atoms with Crippen molar-refractivity contribution in [2.24, 2.45) is 0 Å². The molecule has 3 aromatic rings. The average Bonchev–Trinajstić information content (AvgIpc) is 3.15. The zero-order valence-electron chi connectivity index (χ0n) is 15.4. The summed E-state index contributed by atoms with van der Waals surface area (Å²) in [6.07, 6.45) is 0. The van der Waals surface area contributed by atoms with Gasteiger partial charge in [-0.15, -0.1) is 10.2 Å². The Labute approximate surface area is 180 Å². The number of carbonyl (C=O) groups excluding carboxylic acids is 1. The molecule has 0 saturated carbocycles. The molecule has 0 fully saturated rings. The summed E-state index contributed by atoms with van der Waals surface area (Å²) < 4.78 is 6.96. The Bertz CT molecular complexity index is 951. The van der Waals surface area contributed by atoms with Crippen molar-refractivity contribution in [2.45, 2.75) is 10.9 Å². The maximum atomic E-state index is 12.4. The second-order valence-corrected chi connectivity index (χ2v) is 8.91. The lowest BCUT2D eigenvalue weighted by Gasteiger charge is -2.17. The van der Waals surface area contributed by atoms with Crippen LogP contribution in [0, 0.1) is 0 Å². The zero-order chi connectivity index (χ0) is 19.9. The molecule has 3 rings (SSSR count).